The van der Waals surface area contributed by atoms with Crippen LogP contribution in [0.25, 0.3) is 0 Å². The maximum atomic E-state index is 12.2. The molecular weight excluding hydrogens is 262 g/mol. The van der Waals surface area contributed by atoms with Crippen LogP contribution in [-0.4, -0.2) is 42.6 Å². The molecule has 2 rings (SSSR count). The summed E-state index contributed by atoms with van der Waals surface area (Å²) in [5, 5.41) is 3.03. The van der Waals surface area contributed by atoms with Gasteiger partial charge in [-0.25, -0.2) is 4.79 Å². The lowest BCUT2D eigenvalue weighted by Crippen LogP contribution is -2.55. The molecule has 0 radical (unpaired) electrons. The molecule has 1 fully saturated rings. The molecule has 0 unspecified atom stereocenters. The first-order valence-electron chi connectivity index (χ1n) is 7.80. The fourth-order valence-corrected chi connectivity index (χ4v) is 2.67. The van der Waals surface area contributed by atoms with Crippen LogP contribution in [0.4, 0.5) is 10.5 Å². The second-order valence-corrected chi connectivity index (χ2v) is 6.64. The van der Waals surface area contributed by atoms with E-state index < -0.39 is 0 Å². The van der Waals surface area contributed by atoms with Gasteiger partial charge in [0.25, 0.3) is 0 Å². The fourth-order valence-electron chi connectivity index (χ4n) is 2.67. The average molecular weight is 289 g/mol. The van der Waals surface area contributed by atoms with Crippen molar-refractivity contribution in [1.29, 1.82) is 0 Å². The number of anilines is 1. The zero-order chi connectivity index (χ0) is 15.5. The molecule has 1 N–H and O–H groups in total. The summed E-state index contributed by atoms with van der Waals surface area (Å²) in [6.45, 7) is 11.6. The van der Waals surface area contributed by atoms with Crippen molar-refractivity contribution in [1.82, 2.24) is 10.2 Å². The molecule has 21 heavy (non-hydrogen) atoms. The van der Waals surface area contributed by atoms with Gasteiger partial charge in [0, 0.05) is 37.4 Å². The third-order valence-electron chi connectivity index (χ3n) is 3.76. The van der Waals surface area contributed by atoms with Crippen molar-refractivity contribution in [2.24, 2.45) is 0 Å². The van der Waals surface area contributed by atoms with Crippen molar-refractivity contribution >= 4 is 11.7 Å². The summed E-state index contributed by atoms with van der Waals surface area (Å²) in [7, 11) is 0. The number of rotatable bonds is 2. The smallest absolute Gasteiger partial charge is 0.317 e. The number of nitrogens with one attached hydrogen (secondary N) is 1. The Labute approximate surface area is 128 Å². The van der Waals surface area contributed by atoms with Gasteiger partial charge in [-0.05, 0) is 38.8 Å². The monoisotopic (exact) mass is 289 g/mol. The lowest BCUT2D eigenvalue weighted by Gasteiger charge is -2.38. The maximum Gasteiger partial charge on any atom is 0.317 e. The first-order valence-corrected chi connectivity index (χ1v) is 7.80. The van der Waals surface area contributed by atoms with Crippen molar-refractivity contribution in [3.63, 3.8) is 0 Å². The van der Waals surface area contributed by atoms with Crippen molar-refractivity contribution in [2.45, 2.75) is 39.7 Å². The van der Waals surface area contributed by atoms with E-state index in [9.17, 15) is 4.79 Å². The zero-order valence-electron chi connectivity index (χ0n) is 13.6. The molecule has 1 aromatic rings. The minimum absolute atomic E-state index is 0.0472. The van der Waals surface area contributed by atoms with Gasteiger partial charge >= 0.3 is 6.03 Å². The number of carbonyl (C=O) groups excluding carboxylic acids is 1. The summed E-state index contributed by atoms with van der Waals surface area (Å²) < 4.78 is 0. The van der Waals surface area contributed by atoms with Gasteiger partial charge in [-0.15, -0.1) is 0 Å². The molecule has 0 atom stereocenters. The highest BCUT2D eigenvalue weighted by Crippen LogP contribution is 2.22. The van der Waals surface area contributed by atoms with Crippen LogP contribution in [0.1, 0.15) is 33.3 Å². The number of para-hydroxylation sites is 1. The molecule has 1 heterocycles. The Morgan fingerprint density at radius 2 is 1.76 bits per heavy atom. The van der Waals surface area contributed by atoms with E-state index >= 15 is 0 Å². The van der Waals surface area contributed by atoms with Gasteiger partial charge in [-0.3, -0.25) is 0 Å². The van der Waals surface area contributed by atoms with Crippen LogP contribution in [0.2, 0.25) is 0 Å². The fraction of sp³-hybridized carbons (Fsp3) is 0.588. The van der Waals surface area contributed by atoms with Crippen molar-refractivity contribution < 1.29 is 4.79 Å². The topological polar surface area (TPSA) is 35.6 Å². The molecule has 116 valence electrons. The summed E-state index contributed by atoms with van der Waals surface area (Å²) in [6, 6.07) is 8.60. The molecule has 0 aliphatic carbocycles. The summed E-state index contributed by atoms with van der Waals surface area (Å²) in [5.41, 5.74) is 2.52. The molecule has 2 amide bonds. The minimum Gasteiger partial charge on any atom is -0.368 e. The van der Waals surface area contributed by atoms with E-state index in [1.54, 1.807) is 0 Å². The predicted octanol–water partition coefficient (Wildman–Crippen LogP) is 2.88. The maximum absolute atomic E-state index is 12.2. The number of urea groups is 1. The number of aryl methyl sites for hydroxylation is 1. The lowest BCUT2D eigenvalue weighted by molar-refractivity contribution is 0.185. The lowest BCUT2D eigenvalue weighted by atomic mass is 10.1. The molecule has 1 aromatic carbocycles. The second kappa shape index (κ2) is 6.37. The summed E-state index contributed by atoms with van der Waals surface area (Å²) in [5.74, 6) is 0. The van der Waals surface area contributed by atoms with Crippen molar-refractivity contribution in [2.75, 3.05) is 31.1 Å². The van der Waals surface area contributed by atoms with Crippen LogP contribution in [0.3, 0.4) is 0 Å². The third-order valence-corrected chi connectivity index (χ3v) is 3.76. The molecule has 0 spiro atoms. The molecule has 0 bridgehead atoms. The highest BCUT2D eigenvalue weighted by Gasteiger charge is 2.24. The van der Waals surface area contributed by atoms with Gasteiger partial charge in [0.2, 0.25) is 0 Å². The Morgan fingerprint density at radius 3 is 2.33 bits per heavy atom. The highest BCUT2D eigenvalue weighted by atomic mass is 16.2. The van der Waals surface area contributed by atoms with Crippen LogP contribution in [-0.2, 0) is 6.42 Å². The largest absolute Gasteiger partial charge is 0.368 e. The van der Waals surface area contributed by atoms with E-state index in [1.807, 2.05) is 25.7 Å². The zero-order valence-corrected chi connectivity index (χ0v) is 13.6. The molecule has 1 saturated heterocycles. The first-order chi connectivity index (χ1) is 9.90. The Morgan fingerprint density at radius 1 is 1.14 bits per heavy atom. The summed E-state index contributed by atoms with van der Waals surface area (Å²) >= 11 is 0. The SMILES string of the molecule is CCc1ccccc1N1CCN(C(=O)NC(C)(C)C)CC1. The minimum atomic E-state index is -0.178. The predicted molar refractivity (Wildman–Crippen MR) is 87.9 cm³/mol. The van der Waals surface area contributed by atoms with Gasteiger partial charge in [-0.2, -0.15) is 0 Å². The molecule has 1 aliphatic heterocycles. The van der Waals surface area contributed by atoms with Gasteiger partial charge in [-0.1, -0.05) is 25.1 Å². The number of hydrogen-bond acceptors (Lipinski definition) is 2. The van der Waals surface area contributed by atoms with E-state index in [-0.39, 0.29) is 11.6 Å². The molecular formula is C17H27N3O. The van der Waals surface area contributed by atoms with Gasteiger partial charge in [0.1, 0.15) is 0 Å². The Balaban J connectivity index is 1.96. The van der Waals surface area contributed by atoms with Crippen LogP contribution in [0.15, 0.2) is 24.3 Å². The Hall–Kier alpha value is -1.71. The van der Waals surface area contributed by atoms with Gasteiger partial charge in [0.05, 0.1) is 0 Å². The van der Waals surface area contributed by atoms with E-state index in [1.165, 1.54) is 11.3 Å². The van der Waals surface area contributed by atoms with Crippen molar-refractivity contribution in [3.8, 4) is 0 Å². The quantitative estimate of drug-likeness (QED) is 0.908. The second-order valence-electron chi connectivity index (χ2n) is 6.64. The van der Waals surface area contributed by atoms with E-state index in [0.29, 0.717) is 0 Å². The number of nitrogens with zero attached hydrogens (tertiary/aromatic N) is 2. The van der Waals surface area contributed by atoms with Crippen LogP contribution in [0, 0.1) is 0 Å². The number of piperazine rings is 1. The normalized spacial score (nSPS) is 16.0. The third kappa shape index (κ3) is 4.13. The van der Waals surface area contributed by atoms with Crippen LogP contribution in [0.5, 0.6) is 0 Å². The molecule has 4 nitrogen and oxygen atoms in total. The molecule has 0 aromatic heterocycles. The number of hydrogen-bond donors (Lipinski definition) is 1. The first kappa shape index (κ1) is 15.7. The van der Waals surface area contributed by atoms with E-state index in [2.05, 4.69) is 41.4 Å². The Kier molecular flexibility index (Phi) is 4.76. The molecule has 1 aliphatic rings. The van der Waals surface area contributed by atoms with Crippen molar-refractivity contribution in [3.05, 3.63) is 29.8 Å². The van der Waals surface area contributed by atoms with E-state index in [0.717, 1.165) is 32.6 Å². The van der Waals surface area contributed by atoms with Gasteiger partial charge < -0.3 is 15.1 Å². The molecule has 0 saturated carbocycles. The average Bonchev–Trinajstić information content (AvgIpc) is 2.45. The number of benzene rings is 1. The van der Waals surface area contributed by atoms with E-state index in [4.69, 9.17) is 0 Å². The van der Waals surface area contributed by atoms with Crippen LogP contribution >= 0.6 is 0 Å². The van der Waals surface area contributed by atoms with Gasteiger partial charge in [0.15, 0.2) is 0 Å². The summed E-state index contributed by atoms with van der Waals surface area (Å²) in [6.07, 6.45) is 1.04. The summed E-state index contributed by atoms with van der Waals surface area (Å²) in [4.78, 5) is 16.5. The van der Waals surface area contributed by atoms with Crippen LogP contribution < -0.4 is 10.2 Å². The highest BCUT2D eigenvalue weighted by molar-refractivity contribution is 5.75. The molecule has 4 heteroatoms. The standard InChI is InChI=1S/C17H27N3O/c1-5-14-8-6-7-9-15(14)19-10-12-20(13-11-19)16(21)18-17(2,3)4/h6-9H,5,10-13H2,1-4H3,(H,18,21). The number of amides is 2. The number of carbonyl (C=O) groups is 1. The Bertz CT molecular complexity index is 485.